The Labute approximate surface area is 180 Å². The Kier molecular flexibility index (Phi) is 5.40. The minimum Gasteiger partial charge on any atom is -0.451 e. The Morgan fingerprint density at radius 2 is 1.84 bits per heavy atom. The molecular formula is C23H26N6O2. The summed E-state index contributed by atoms with van der Waals surface area (Å²) in [5, 5.41) is 7.33. The largest absolute Gasteiger partial charge is 0.451 e. The average Bonchev–Trinajstić information content (AvgIpc) is 3.52. The summed E-state index contributed by atoms with van der Waals surface area (Å²) in [5.74, 6) is 2.24. The molecular weight excluding hydrogens is 392 g/mol. The second-order valence-electron chi connectivity index (χ2n) is 7.90. The molecule has 1 aliphatic heterocycles. The van der Waals surface area contributed by atoms with Crippen LogP contribution in [0.4, 0.5) is 0 Å². The van der Waals surface area contributed by atoms with Crippen molar-refractivity contribution in [3.05, 3.63) is 65.4 Å². The number of nitrogens with zero attached hydrogens (tertiary/aromatic N) is 5. The molecule has 0 unspecified atom stereocenters. The van der Waals surface area contributed by atoms with Crippen LogP contribution in [-0.2, 0) is 17.8 Å². The Morgan fingerprint density at radius 1 is 1.00 bits per heavy atom. The van der Waals surface area contributed by atoms with E-state index in [1.807, 2.05) is 44.4 Å². The van der Waals surface area contributed by atoms with E-state index in [4.69, 9.17) is 9.15 Å². The summed E-state index contributed by atoms with van der Waals surface area (Å²) in [6, 6.07) is 8.04. The molecule has 0 saturated carbocycles. The lowest BCUT2D eigenvalue weighted by Gasteiger charge is -2.26. The molecule has 1 N–H and O–H groups in total. The van der Waals surface area contributed by atoms with Crippen molar-refractivity contribution in [2.75, 3.05) is 26.3 Å². The fourth-order valence-corrected chi connectivity index (χ4v) is 3.92. The zero-order chi connectivity index (χ0) is 21.2. The molecule has 0 spiro atoms. The fourth-order valence-electron chi connectivity index (χ4n) is 3.92. The molecule has 0 aromatic carbocycles. The van der Waals surface area contributed by atoms with E-state index in [1.165, 1.54) is 11.1 Å². The van der Waals surface area contributed by atoms with Gasteiger partial charge >= 0.3 is 0 Å². The first-order valence-corrected chi connectivity index (χ1v) is 10.5. The van der Waals surface area contributed by atoms with Gasteiger partial charge < -0.3 is 13.7 Å². The number of aromatic nitrogens is 5. The summed E-state index contributed by atoms with van der Waals surface area (Å²) >= 11 is 0. The molecule has 0 bridgehead atoms. The van der Waals surface area contributed by atoms with Gasteiger partial charge in [0.1, 0.15) is 5.69 Å². The minimum atomic E-state index is 0.689. The van der Waals surface area contributed by atoms with Crippen LogP contribution in [0.3, 0.4) is 0 Å². The number of aryl methyl sites for hydroxylation is 2. The lowest BCUT2D eigenvalue weighted by Crippen LogP contribution is -2.35. The molecule has 5 rings (SSSR count). The van der Waals surface area contributed by atoms with Gasteiger partial charge in [-0.1, -0.05) is 6.07 Å². The van der Waals surface area contributed by atoms with E-state index < -0.39 is 0 Å². The van der Waals surface area contributed by atoms with Gasteiger partial charge in [0.25, 0.3) is 0 Å². The van der Waals surface area contributed by atoms with Crippen molar-refractivity contribution in [2.24, 2.45) is 0 Å². The maximum atomic E-state index is 6.13. The molecule has 8 nitrogen and oxygen atoms in total. The number of rotatable bonds is 6. The van der Waals surface area contributed by atoms with Crippen molar-refractivity contribution in [2.45, 2.75) is 26.9 Å². The van der Waals surface area contributed by atoms with E-state index in [9.17, 15) is 0 Å². The van der Waals surface area contributed by atoms with E-state index in [0.29, 0.717) is 6.54 Å². The normalized spacial score (nSPS) is 14.9. The molecule has 8 heteroatoms. The van der Waals surface area contributed by atoms with Gasteiger partial charge in [0.2, 0.25) is 0 Å². The highest BCUT2D eigenvalue weighted by atomic mass is 16.5. The van der Waals surface area contributed by atoms with Crippen molar-refractivity contribution in [1.82, 2.24) is 29.6 Å². The van der Waals surface area contributed by atoms with Crippen molar-refractivity contribution >= 4 is 0 Å². The number of morpholine rings is 1. The molecule has 31 heavy (non-hydrogen) atoms. The third kappa shape index (κ3) is 4.17. The van der Waals surface area contributed by atoms with Crippen LogP contribution < -0.4 is 0 Å². The van der Waals surface area contributed by atoms with E-state index in [1.54, 1.807) is 6.20 Å². The number of imidazole rings is 1. The summed E-state index contributed by atoms with van der Waals surface area (Å²) < 4.78 is 13.6. The van der Waals surface area contributed by atoms with Crippen LogP contribution in [0, 0.1) is 13.8 Å². The van der Waals surface area contributed by atoms with E-state index in [0.717, 1.165) is 67.3 Å². The van der Waals surface area contributed by atoms with Gasteiger partial charge in [-0.15, -0.1) is 0 Å². The third-order valence-electron chi connectivity index (χ3n) is 5.74. The van der Waals surface area contributed by atoms with Gasteiger partial charge in [0.05, 0.1) is 25.5 Å². The summed E-state index contributed by atoms with van der Waals surface area (Å²) in [4.78, 5) is 11.5. The number of nitrogens with one attached hydrogen (secondary N) is 1. The number of ether oxygens (including phenoxy) is 1. The first-order valence-electron chi connectivity index (χ1n) is 10.5. The van der Waals surface area contributed by atoms with Crippen LogP contribution >= 0.6 is 0 Å². The lowest BCUT2D eigenvalue weighted by atomic mass is 10.2. The molecule has 4 aromatic rings. The zero-order valence-corrected chi connectivity index (χ0v) is 17.8. The second kappa shape index (κ2) is 8.49. The number of aromatic amines is 1. The van der Waals surface area contributed by atoms with Crippen LogP contribution in [0.1, 0.15) is 22.5 Å². The van der Waals surface area contributed by atoms with E-state index in [2.05, 4.69) is 35.7 Å². The Morgan fingerprint density at radius 3 is 2.58 bits per heavy atom. The molecule has 0 atom stereocenters. The molecule has 160 valence electrons. The molecule has 4 aromatic heterocycles. The van der Waals surface area contributed by atoms with Gasteiger partial charge in [0.15, 0.2) is 17.3 Å². The highest BCUT2D eigenvalue weighted by Gasteiger charge is 2.16. The van der Waals surface area contributed by atoms with Crippen LogP contribution in [0.25, 0.3) is 23.0 Å². The highest BCUT2D eigenvalue weighted by Crippen LogP contribution is 2.27. The van der Waals surface area contributed by atoms with Crippen LogP contribution in [0.2, 0.25) is 0 Å². The first-order chi connectivity index (χ1) is 15.2. The Bertz CT molecular complexity index is 1130. The molecule has 1 fully saturated rings. The van der Waals surface area contributed by atoms with Crippen LogP contribution in [0.15, 0.2) is 47.3 Å². The fraction of sp³-hybridized carbons (Fsp3) is 0.348. The number of furan rings is 1. The molecule has 0 aliphatic carbocycles. The quantitative estimate of drug-likeness (QED) is 0.516. The maximum Gasteiger partial charge on any atom is 0.176 e. The summed E-state index contributed by atoms with van der Waals surface area (Å²) in [6.45, 7) is 9.16. The van der Waals surface area contributed by atoms with Gasteiger partial charge in [-0.25, -0.2) is 4.98 Å². The highest BCUT2D eigenvalue weighted by molar-refractivity contribution is 5.58. The van der Waals surface area contributed by atoms with Crippen molar-refractivity contribution in [1.29, 1.82) is 0 Å². The summed E-state index contributed by atoms with van der Waals surface area (Å²) in [7, 11) is 0. The number of hydrogen-bond donors (Lipinski definition) is 1. The molecule has 1 aliphatic rings. The third-order valence-corrected chi connectivity index (χ3v) is 5.74. The average molecular weight is 419 g/mol. The standard InChI is InChI=1S/C23H26N6O2/c1-16-19(17(2)27-26-16)15-29-8-7-24-23(29)22-6-5-21(31-22)20-4-3-18(13-25-20)14-28-9-11-30-12-10-28/h3-8,13H,9-12,14-15H2,1-2H3,(H,26,27). The molecule has 0 radical (unpaired) electrons. The SMILES string of the molecule is Cc1n[nH]c(C)c1Cn1ccnc1-c1ccc(-c2ccc(CN3CCOCC3)cn2)o1. The van der Waals surface area contributed by atoms with Gasteiger partial charge in [-0.3, -0.25) is 15.0 Å². The minimum absolute atomic E-state index is 0.689. The molecule has 0 amide bonds. The van der Waals surface area contributed by atoms with Crippen LogP contribution in [-0.4, -0.2) is 55.9 Å². The van der Waals surface area contributed by atoms with Gasteiger partial charge in [-0.05, 0) is 37.6 Å². The monoisotopic (exact) mass is 418 g/mol. The predicted octanol–water partition coefficient (Wildman–Crippen LogP) is 3.43. The maximum absolute atomic E-state index is 6.13. The number of pyridine rings is 1. The molecule has 1 saturated heterocycles. The van der Waals surface area contributed by atoms with Crippen molar-refractivity contribution in [3.8, 4) is 23.0 Å². The molecule has 5 heterocycles. The van der Waals surface area contributed by atoms with Gasteiger partial charge in [0, 0.05) is 49.5 Å². The Hall–Kier alpha value is -3.23. The van der Waals surface area contributed by atoms with Crippen molar-refractivity contribution < 1.29 is 9.15 Å². The van der Waals surface area contributed by atoms with Crippen LogP contribution in [0.5, 0.6) is 0 Å². The Balaban J connectivity index is 1.32. The van der Waals surface area contributed by atoms with Gasteiger partial charge in [-0.2, -0.15) is 5.10 Å². The predicted molar refractivity (Wildman–Crippen MR) is 116 cm³/mol. The topological polar surface area (TPSA) is 85.0 Å². The van der Waals surface area contributed by atoms with E-state index in [-0.39, 0.29) is 0 Å². The zero-order valence-electron chi connectivity index (χ0n) is 17.8. The van der Waals surface area contributed by atoms with E-state index >= 15 is 0 Å². The lowest BCUT2D eigenvalue weighted by molar-refractivity contribution is 0.0341. The smallest absolute Gasteiger partial charge is 0.176 e. The number of H-pyrrole nitrogens is 1. The summed E-state index contributed by atoms with van der Waals surface area (Å²) in [5.41, 5.74) is 5.25. The van der Waals surface area contributed by atoms with Crippen molar-refractivity contribution in [3.63, 3.8) is 0 Å². The summed E-state index contributed by atoms with van der Waals surface area (Å²) in [6.07, 6.45) is 5.68. The first kappa shape index (κ1) is 19.7. The number of hydrogen-bond acceptors (Lipinski definition) is 6. The second-order valence-corrected chi connectivity index (χ2v) is 7.90.